The van der Waals surface area contributed by atoms with E-state index in [-0.39, 0.29) is 10.5 Å². The Morgan fingerprint density at radius 2 is 1.83 bits per heavy atom. The number of hydrogen-bond donors (Lipinski definition) is 0. The summed E-state index contributed by atoms with van der Waals surface area (Å²) >= 11 is 0. The summed E-state index contributed by atoms with van der Waals surface area (Å²) in [6.45, 7) is 18.8. The highest BCUT2D eigenvalue weighted by Gasteiger charge is 2.60. The Hall–Kier alpha value is -0.673. The van der Waals surface area contributed by atoms with Crippen LogP contribution >= 0.6 is 0 Å². The second kappa shape index (κ2) is 6.92. The molecule has 3 unspecified atom stereocenters. The first-order valence-corrected chi connectivity index (χ1v) is 14.9. The van der Waals surface area contributed by atoms with Crippen LogP contribution in [0.1, 0.15) is 79.1 Å². The van der Waals surface area contributed by atoms with E-state index in [1.54, 1.807) is 0 Å². The zero-order valence-corrected chi connectivity index (χ0v) is 20.6. The third-order valence-electron chi connectivity index (χ3n) is 10.1. The molecule has 0 aromatic heterocycles. The highest BCUT2D eigenvalue weighted by atomic mass is 28.4. The number of carbonyl (C=O) groups excluding carboxylic acids is 1. The van der Waals surface area contributed by atoms with Crippen LogP contribution in [0.5, 0.6) is 0 Å². The molecule has 4 rings (SSSR count). The molecule has 0 N–H and O–H groups in total. The fraction of sp³-hybridized carbons (Fsp3) is 0.808. The zero-order chi connectivity index (χ0) is 21.2. The lowest BCUT2D eigenvalue weighted by Gasteiger charge is -2.58. The van der Waals surface area contributed by atoms with Crippen molar-refractivity contribution in [2.45, 2.75) is 103 Å². The average molecular weight is 415 g/mol. The van der Waals surface area contributed by atoms with E-state index >= 15 is 0 Å². The monoisotopic (exact) mass is 414 g/mol. The van der Waals surface area contributed by atoms with Gasteiger partial charge in [-0.1, -0.05) is 39.3 Å². The Morgan fingerprint density at radius 3 is 2.48 bits per heavy atom. The summed E-state index contributed by atoms with van der Waals surface area (Å²) in [6, 6.07) is 0. The van der Waals surface area contributed by atoms with E-state index in [4.69, 9.17) is 4.43 Å². The van der Waals surface area contributed by atoms with E-state index in [9.17, 15) is 4.79 Å². The van der Waals surface area contributed by atoms with Gasteiger partial charge in [-0.15, -0.1) is 6.58 Å². The second-order valence-corrected chi connectivity index (χ2v) is 17.0. The van der Waals surface area contributed by atoms with Gasteiger partial charge in [0.1, 0.15) is 0 Å². The SMILES string of the molecule is C=C[C@]12CCC(=O)C=C1CCC1C2CC[C@@]2(C)C1CC[C@@H]2O[Si](C)(C)C(C)(C)C. The molecule has 4 aliphatic carbocycles. The summed E-state index contributed by atoms with van der Waals surface area (Å²) < 4.78 is 7.05. The van der Waals surface area contributed by atoms with Gasteiger partial charge in [0, 0.05) is 11.8 Å². The molecule has 2 nitrogen and oxygen atoms in total. The largest absolute Gasteiger partial charge is 0.413 e. The molecule has 0 bridgehead atoms. The molecule has 0 heterocycles. The maximum absolute atomic E-state index is 12.1. The molecule has 0 radical (unpaired) electrons. The van der Waals surface area contributed by atoms with E-state index in [2.05, 4.69) is 53.4 Å². The first-order chi connectivity index (χ1) is 13.4. The molecule has 0 saturated heterocycles. The highest BCUT2D eigenvalue weighted by molar-refractivity contribution is 6.74. The van der Waals surface area contributed by atoms with E-state index < -0.39 is 8.32 Å². The normalized spacial score (nSPS) is 42.6. The third-order valence-corrected chi connectivity index (χ3v) is 14.6. The first-order valence-electron chi connectivity index (χ1n) is 12.0. The van der Waals surface area contributed by atoms with Gasteiger partial charge in [0.15, 0.2) is 14.1 Å². The van der Waals surface area contributed by atoms with Gasteiger partial charge in [0.25, 0.3) is 0 Å². The van der Waals surface area contributed by atoms with Crippen molar-refractivity contribution in [3.05, 3.63) is 24.3 Å². The fourth-order valence-electron chi connectivity index (χ4n) is 7.33. The molecule has 4 aliphatic rings. The van der Waals surface area contributed by atoms with Crippen molar-refractivity contribution in [2.24, 2.45) is 28.6 Å². The summed E-state index contributed by atoms with van der Waals surface area (Å²) in [5, 5.41) is 0.269. The molecule has 0 amide bonds. The quantitative estimate of drug-likeness (QED) is 0.364. The lowest BCUT2D eigenvalue weighted by molar-refractivity contribution is -0.117. The standard InChI is InChI=1S/C26H42O2Si/c1-8-26-16-13-19(27)17-18(26)9-10-20-21-11-12-23(25(21,5)15-14-22(20)26)28-29(6,7)24(2,3)4/h8,17,20-23H,1,9-16H2,2-7H3/t20?,21?,22?,23-,25-,26-/m0/s1. The van der Waals surface area contributed by atoms with Gasteiger partial charge in [0.05, 0.1) is 6.10 Å². The Labute approximate surface area is 179 Å². The van der Waals surface area contributed by atoms with Crippen molar-refractivity contribution in [3.8, 4) is 0 Å². The minimum absolute atomic E-state index is 0.0938. The number of hydrogen-bond acceptors (Lipinski definition) is 2. The predicted molar refractivity (Wildman–Crippen MR) is 123 cm³/mol. The molecule has 3 fully saturated rings. The lowest BCUT2D eigenvalue weighted by atomic mass is 9.47. The summed E-state index contributed by atoms with van der Waals surface area (Å²) in [4.78, 5) is 12.1. The molecule has 0 aromatic carbocycles. The second-order valence-electron chi connectivity index (χ2n) is 12.3. The van der Waals surface area contributed by atoms with Crippen molar-refractivity contribution in [1.29, 1.82) is 0 Å². The van der Waals surface area contributed by atoms with Gasteiger partial charge in [-0.25, -0.2) is 0 Å². The minimum Gasteiger partial charge on any atom is -0.413 e. The average Bonchev–Trinajstić information content (AvgIpc) is 2.96. The van der Waals surface area contributed by atoms with Crippen molar-refractivity contribution < 1.29 is 9.22 Å². The van der Waals surface area contributed by atoms with Gasteiger partial charge >= 0.3 is 0 Å². The van der Waals surface area contributed by atoms with Gasteiger partial charge < -0.3 is 4.43 Å². The Balaban J connectivity index is 1.60. The summed E-state index contributed by atoms with van der Waals surface area (Å²) in [5.41, 5.74) is 1.82. The molecule has 29 heavy (non-hydrogen) atoms. The molecule has 162 valence electrons. The minimum atomic E-state index is -1.76. The van der Waals surface area contributed by atoms with Crippen LogP contribution in [0, 0.1) is 28.6 Å². The van der Waals surface area contributed by atoms with Crippen LogP contribution in [0.3, 0.4) is 0 Å². The molecule has 0 aliphatic heterocycles. The molecule has 3 heteroatoms. The Kier molecular flexibility index (Phi) is 5.14. The Morgan fingerprint density at radius 1 is 1.10 bits per heavy atom. The van der Waals surface area contributed by atoms with Crippen molar-refractivity contribution >= 4 is 14.1 Å². The van der Waals surface area contributed by atoms with Crippen LogP contribution in [0.4, 0.5) is 0 Å². The number of ketones is 1. The van der Waals surface area contributed by atoms with Crippen LogP contribution < -0.4 is 0 Å². The number of allylic oxidation sites excluding steroid dienone is 2. The van der Waals surface area contributed by atoms with Crippen molar-refractivity contribution in [1.82, 2.24) is 0 Å². The van der Waals surface area contributed by atoms with E-state index in [0.717, 1.165) is 24.7 Å². The highest BCUT2D eigenvalue weighted by Crippen LogP contribution is 2.66. The maximum Gasteiger partial charge on any atom is 0.192 e. The zero-order valence-electron chi connectivity index (χ0n) is 19.6. The van der Waals surface area contributed by atoms with Crippen LogP contribution in [-0.2, 0) is 9.22 Å². The maximum atomic E-state index is 12.1. The van der Waals surface area contributed by atoms with Crippen molar-refractivity contribution in [2.75, 3.05) is 0 Å². The number of fused-ring (bicyclic) bond motifs is 5. The van der Waals surface area contributed by atoms with Crippen LogP contribution in [0.2, 0.25) is 18.1 Å². The molecule has 3 saturated carbocycles. The van der Waals surface area contributed by atoms with Crippen LogP contribution in [-0.4, -0.2) is 20.2 Å². The third kappa shape index (κ3) is 3.17. The smallest absolute Gasteiger partial charge is 0.192 e. The Bertz CT molecular complexity index is 729. The topological polar surface area (TPSA) is 26.3 Å². The lowest BCUT2D eigenvalue weighted by Crippen LogP contribution is -2.54. The van der Waals surface area contributed by atoms with Gasteiger partial charge in [-0.05, 0) is 92.3 Å². The van der Waals surface area contributed by atoms with E-state index in [1.807, 2.05) is 6.08 Å². The predicted octanol–water partition coefficient (Wildman–Crippen LogP) is 7.07. The van der Waals surface area contributed by atoms with Crippen LogP contribution in [0.15, 0.2) is 24.3 Å². The van der Waals surface area contributed by atoms with Crippen molar-refractivity contribution in [3.63, 3.8) is 0 Å². The number of rotatable bonds is 3. The van der Waals surface area contributed by atoms with E-state index in [1.165, 1.54) is 37.7 Å². The molecule has 0 aromatic rings. The summed E-state index contributed by atoms with van der Waals surface area (Å²) in [5.74, 6) is 2.55. The molecule has 6 atom stereocenters. The van der Waals surface area contributed by atoms with Gasteiger partial charge in [-0.2, -0.15) is 0 Å². The first kappa shape index (κ1) is 21.6. The van der Waals surface area contributed by atoms with Gasteiger partial charge in [0.2, 0.25) is 0 Å². The number of carbonyl (C=O) groups is 1. The molecule has 0 spiro atoms. The fourth-order valence-corrected chi connectivity index (χ4v) is 8.79. The van der Waals surface area contributed by atoms with Crippen LogP contribution in [0.25, 0.3) is 0 Å². The molecular weight excluding hydrogens is 372 g/mol. The summed E-state index contributed by atoms with van der Waals surface area (Å²) in [7, 11) is -1.76. The van der Waals surface area contributed by atoms with E-state index in [0.29, 0.717) is 29.6 Å². The summed E-state index contributed by atoms with van der Waals surface area (Å²) in [6.07, 6.45) is 13.8. The van der Waals surface area contributed by atoms with Gasteiger partial charge in [-0.3, -0.25) is 4.79 Å². The molecular formula is C26H42O2Si.